The van der Waals surface area contributed by atoms with E-state index in [1.807, 2.05) is 84.0 Å². The number of hydrogen-bond donors (Lipinski definition) is 0. The van der Waals surface area contributed by atoms with Crippen molar-refractivity contribution in [3.63, 3.8) is 0 Å². The zero-order chi connectivity index (χ0) is 22.3. The second-order valence-electron chi connectivity index (χ2n) is 6.98. The Labute approximate surface area is 188 Å². The highest BCUT2D eigenvalue weighted by Crippen LogP contribution is 2.46. The van der Waals surface area contributed by atoms with Crippen LogP contribution in [0.5, 0.6) is 11.5 Å². The van der Waals surface area contributed by atoms with Crippen LogP contribution in [0.3, 0.4) is 0 Å². The van der Waals surface area contributed by atoms with E-state index >= 15 is 0 Å². The van der Waals surface area contributed by atoms with Crippen molar-refractivity contribution in [2.45, 2.75) is 11.8 Å². The number of benzene rings is 3. The number of hydrogen-bond acceptors (Lipinski definition) is 6. The van der Waals surface area contributed by atoms with Gasteiger partial charge in [-0.25, -0.2) is 4.31 Å². The fraction of sp³-hybridized carbons (Fsp3) is 0.208. The average Bonchev–Trinajstić information content (AvgIpc) is 2.80. The molecular weight excluding hydrogens is 427 g/mol. The van der Waals surface area contributed by atoms with Crippen LogP contribution in [0.25, 0.3) is 0 Å². The molecular formula is C24H25N2O3PS. The number of nitriles is 1. The minimum atomic E-state index is -3.07. The Kier molecular flexibility index (Phi) is 7.81. The molecule has 5 nitrogen and oxygen atoms in total. The van der Waals surface area contributed by atoms with Crippen LogP contribution >= 0.6 is 19.1 Å². The van der Waals surface area contributed by atoms with Crippen LogP contribution in [-0.4, -0.2) is 31.4 Å². The van der Waals surface area contributed by atoms with Crippen LogP contribution in [0.15, 0.2) is 77.7 Å². The predicted molar refractivity (Wildman–Crippen MR) is 127 cm³/mol. The van der Waals surface area contributed by atoms with E-state index in [9.17, 15) is 9.83 Å². The highest BCUT2D eigenvalue weighted by Gasteiger charge is 2.31. The summed E-state index contributed by atoms with van der Waals surface area (Å²) < 4.78 is 26.9. The van der Waals surface area contributed by atoms with E-state index < -0.39 is 7.14 Å². The fourth-order valence-electron chi connectivity index (χ4n) is 3.12. The Morgan fingerprint density at radius 3 is 1.77 bits per heavy atom. The molecule has 0 aliphatic rings. The van der Waals surface area contributed by atoms with Crippen LogP contribution in [-0.2, 0) is 4.57 Å². The highest BCUT2D eigenvalue weighted by molar-refractivity contribution is 7.97. The summed E-state index contributed by atoms with van der Waals surface area (Å²) in [5.41, 5.74) is 1.17. The molecule has 0 radical (unpaired) electrons. The minimum Gasteiger partial charge on any atom is -0.497 e. The van der Waals surface area contributed by atoms with E-state index in [1.54, 1.807) is 14.2 Å². The Bertz CT molecular complexity index is 1030. The quantitative estimate of drug-likeness (QED) is 0.264. The molecule has 0 bridgehead atoms. The van der Waals surface area contributed by atoms with Crippen LogP contribution in [0.4, 0.5) is 0 Å². The van der Waals surface area contributed by atoms with Crippen molar-refractivity contribution >= 4 is 29.7 Å². The predicted octanol–water partition coefficient (Wildman–Crippen LogP) is 4.82. The topological polar surface area (TPSA) is 62.6 Å². The molecule has 0 aromatic heterocycles. The third-order valence-electron chi connectivity index (χ3n) is 4.84. The van der Waals surface area contributed by atoms with Gasteiger partial charge in [0.15, 0.2) is 7.14 Å². The Balaban J connectivity index is 1.99. The van der Waals surface area contributed by atoms with Gasteiger partial charge < -0.3 is 14.0 Å². The summed E-state index contributed by atoms with van der Waals surface area (Å²) in [4.78, 5) is 0.997. The molecule has 0 unspecified atom stereocenters. The summed E-state index contributed by atoms with van der Waals surface area (Å²) in [7, 11) is 0.130. The van der Waals surface area contributed by atoms with Gasteiger partial charge in [0.1, 0.15) is 11.5 Å². The van der Waals surface area contributed by atoms with Crippen molar-refractivity contribution in [1.82, 2.24) is 4.31 Å². The second kappa shape index (κ2) is 10.5. The molecule has 31 heavy (non-hydrogen) atoms. The normalized spacial score (nSPS) is 11.2. The van der Waals surface area contributed by atoms with Crippen molar-refractivity contribution in [2.24, 2.45) is 0 Å². The molecule has 3 aromatic carbocycles. The molecule has 160 valence electrons. The number of nitrogens with zero attached hydrogens (tertiary/aromatic N) is 2. The second-order valence-corrected chi connectivity index (χ2v) is 10.9. The Morgan fingerprint density at radius 1 is 0.871 bits per heavy atom. The third-order valence-corrected chi connectivity index (χ3v) is 9.03. The minimum absolute atomic E-state index is 0.148. The van der Waals surface area contributed by atoms with Gasteiger partial charge in [0.25, 0.3) is 0 Å². The van der Waals surface area contributed by atoms with E-state index in [0.717, 1.165) is 4.90 Å². The van der Waals surface area contributed by atoms with E-state index in [0.29, 0.717) is 22.1 Å². The summed E-state index contributed by atoms with van der Waals surface area (Å²) in [5.74, 6) is 1.40. The van der Waals surface area contributed by atoms with Gasteiger partial charge in [0.2, 0.25) is 0 Å². The fourth-order valence-corrected chi connectivity index (χ4v) is 6.95. The average molecular weight is 453 g/mol. The summed E-state index contributed by atoms with van der Waals surface area (Å²) in [6.45, 7) is 2.18. The van der Waals surface area contributed by atoms with E-state index in [4.69, 9.17) is 9.47 Å². The van der Waals surface area contributed by atoms with Crippen molar-refractivity contribution in [2.75, 3.05) is 27.1 Å². The highest BCUT2D eigenvalue weighted by atomic mass is 32.2. The van der Waals surface area contributed by atoms with E-state index in [1.165, 1.54) is 17.5 Å². The van der Waals surface area contributed by atoms with Gasteiger partial charge in [0.05, 0.1) is 33.1 Å². The first-order valence-corrected chi connectivity index (χ1v) is 12.4. The summed E-state index contributed by atoms with van der Waals surface area (Å²) >= 11 is 1.44. The molecule has 0 aliphatic heterocycles. The molecule has 0 spiro atoms. The summed E-state index contributed by atoms with van der Waals surface area (Å²) in [5, 5.41) is 10.8. The van der Waals surface area contributed by atoms with Crippen LogP contribution < -0.4 is 20.1 Å². The van der Waals surface area contributed by atoms with Crippen LogP contribution in [0.2, 0.25) is 0 Å². The number of ether oxygens (including phenoxy) is 2. The van der Waals surface area contributed by atoms with Crippen molar-refractivity contribution in [1.29, 1.82) is 5.26 Å². The molecule has 0 fully saturated rings. The number of rotatable bonds is 9. The van der Waals surface area contributed by atoms with Gasteiger partial charge in [-0.1, -0.05) is 17.7 Å². The molecule has 7 heteroatoms. The van der Waals surface area contributed by atoms with Gasteiger partial charge in [-0.2, -0.15) is 5.26 Å². The van der Waals surface area contributed by atoms with E-state index in [2.05, 4.69) is 6.07 Å². The van der Waals surface area contributed by atoms with Crippen LogP contribution in [0, 0.1) is 18.3 Å². The van der Waals surface area contributed by atoms with Gasteiger partial charge in [-0.3, -0.25) is 0 Å². The standard InChI is InChI=1S/C24H25N2O3PS/c1-19-4-14-24(15-5-19)31-26(17-16-25)18-30(27,22-10-6-20(28-2)7-11-22)23-12-8-21(29-3)9-13-23/h4-15H,17-18H2,1-3H3. The molecule has 0 N–H and O–H groups in total. The largest absolute Gasteiger partial charge is 0.497 e. The first-order chi connectivity index (χ1) is 15.0. The lowest BCUT2D eigenvalue weighted by molar-refractivity contribution is 0.415. The number of aryl methyl sites for hydroxylation is 1. The van der Waals surface area contributed by atoms with E-state index in [-0.39, 0.29) is 12.8 Å². The first kappa shape index (κ1) is 23.0. The van der Waals surface area contributed by atoms with Gasteiger partial charge in [0, 0.05) is 15.5 Å². The third kappa shape index (κ3) is 5.71. The lowest BCUT2D eigenvalue weighted by atomic mass is 10.2. The molecule has 0 heterocycles. The molecule has 3 rings (SSSR count). The lowest BCUT2D eigenvalue weighted by Gasteiger charge is -2.26. The molecule has 0 atom stereocenters. The number of methoxy groups -OCH3 is 2. The molecule has 0 saturated heterocycles. The first-order valence-electron chi connectivity index (χ1n) is 9.73. The van der Waals surface area contributed by atoms with Crippen molar-refractivity contribution in [3.05, 3.63) is 78.4 Å². The zero-order valence-electron chi connectivity index (χ0n) is 17.8. The summed E-state index contributed by atoms with van der Waals surface area (Å²) in [6.07, 6.45) is 0.220. The smallest absolute Gasteiger partial charge is 0.157 e. The maximum Gasteiger partial charge on any atom is 0.157 e. The van der Waals surface area contributed by atoms with Gasteiger partial charge in [-0.15, -0.1) is 0 Å². The van der Waals surface area contributed by atoms with Crippen LogP contribution in [0.1, 0.15) is 5.56 Å². The Morgan fingerprint density at radius 2 is 1.35 bits per heavy atom. The molecule has 0 aliphatic carbocycles. The SMILES string of the molecule is COc1ccc(P(=O)(CN(CC#N)Sc2ccc(C)cc2)c2ccc(OC)cc2)cc1. The van der Waals surface area contributed by atoms with Gasteiger partial charge in [-0.05, 0) is 79.5 Å². The lowest BCUT2D eigenvalue weighted by Crippen LogP contribution is -2.27. The molecule has 0 saturated carbocycles. The summed E-state index contributed by atoms with van der Waals surface area (Å²) in [6, 6.07) is 24.9. The van der Waals surface area contributed by atoms with Crippen molar-refractivity contribution < 1.29 is 14.0 Å². The zero-order valence-corrected chi connectivity index (χ0v) is 19.5. The monoisotopic (exact) mass is 452 g/mol. The maximum atomic E-state index is 14.5. The van der Waals surface area contributed by atoms with Gasteiger partial charge >= 0.3 is 0 Å². The molecule has 3 aromatic rings. The Hall–Kier alpha value is -2.71. The maximum absolute atomic E-state index is 14.5. The molecule has 0 amide bonds. The van der Waals surface area contributed by atoms with Crippen molar-refractivity contribution in [3.8, 4) is 17.6 Å².